The van der Waals surface area contributed by atoms with Crippen LogP contribution in [0.3, 0.4) is 0 Å². The minimum absolute atomic E-state index is 0.0129. The number of piperidine rings is 1. The normalized spacial score (nSPS) is 23.3. The molecule has 1 saturated heterocycles. The van der Waals surface area contributed by atoms with E-state index in [1.807, 2.05) is 0 Å². The quantitative estimate of drug-likeness (QED) is 0.804. The first-order chi connectivity index (χ1) is 11.1. The van der Waals surface area contributed by atoms with E-state index in [1.54, 1.807) is 15.9 Å². The van der Waals surface area contributed by atoms with Crippen LogP contribution < -0.4 is 0 Å². The van der Waals surface area contributed by atoms with Crippen molar-refractivity contribution in [1.82, 2.24) is 19.7 Å². The summed E-state index contributed by atoms with van der Waals surface area (Å²) in [6.07, 6.45) is 8.64. The van der Waals surface area contributed by atoms with Crippen molar-refractivity contribution in [3.63, 3.8) is 0 Å². The molecule has 0 unspecified atom stereocenters. The van der Waals surface area contributed by atoms with E-state index in [1.165, 1.54) is 6.33 Å². The molecule has 0 spiro atoms. The zero-order valence-corrected chi connectivity index (χ0v) is 14.1. The van der Waals surface area contributed by atoms with Crippen molar-refractivity contribution in [3.8, 4) is 0 Å². The van der Waals surface area contributed by atoms with Gasteiger partial charge in [0.1, 0.15) is 12.7 Å². The summed E-state index contributed by atoms with van der Waals surface area (Å²) in [7, 11) is -3.13. The summed E-state index contributed by atoms with van der Waals surface area (Å²) in [5, 5.41) is 3.92. The number of hydrogen-bond acceptors (Lipinski definition) is 5. The van der Waals surface area contributed by atoms with Crippen molar-refractivity contribution in [3.05, 3.63) is 12.7 Å². The van der Waals surface area contributed by atoms with Crippen molar-refractivity contribution in [1.29, 1.82) is 0 Å². The zero-order valence-electron chi connectivity index (χ0n) is 13.3. The third-order valence-corrected chi connectivity index (χ3v) is 7.23. The second-order valence-corrected chi connectivity index (χ2v) is 8.94. The van der Waals surface area contributed by atoms with Crippen molar-refractivity contribution < 1.29 is 13.2 Å². The molecule has 23 heavy (non-hydrogen) atoms. The van der Waals surface area contributed by atoms with Crippen LogP contribution in [-0.4, -0.2) is 58.1 Å². The van der Waals surface area contributed by atoms with Crippen LogP contribution in [0.1, 0.15) is 51.0 Å². The Kier molecular flexibility index (Phi) is 4.99. The summed E-state index contributed by atoms with van der Waals surface area (Å²) < 4.78 is 26.3. The highest BCUT2D eigenvalue weighted by molar-refractivity contribution is 7.92. The van der Waals surface area contributed by atoms with Crippen molar-refractivity contribution in [2.75, 3.05) is 18.8 Å². The average molecular weight is 340 g/mol. The van der Waals surface area contributed by atoms with Gasteiger partial charge in [-0.25, -0.2) is 18.1 Å². The molecule has 2 heterocycles. The molecule has 1 aromatic rings. The van der Waals surface area contributed by atoms with Gasteiger partial charge in [-0.15, -0.1) is 0 Å². The lowest BCUT2D eigenvalue weighted by molar-refractivity contribution is -0.132. The summed E-state index contributed by atoms with van der Waals surface area (Å²) in [5.41, 5.74) is 0. The lowest BCUT2D eigenvalue weighted by Gasteiger charge is -2.32. The van der Waals surface area contributed by atoms with Crippen LogP contribution >= 0.6 is 0 Å². The van der Waals surface area contributed by atoms with E-state index in [2.05, 4.69) is 10.1 Å². The molecule has 1 aliphatic carbocycles. The van der Waals surface area contributed by atoms with Gasteiger partial charge in [0.15, 0.2) is 9.84 Å². The Hall–Kier alpha value is -1.44. The van der Waals surface area contributed by atoms with Gasteiger partial charge >= 0.3 is 0 Å². The molecule has 2 aliphatic rings. The Morgan fingerprint density at radius 2 is 1.96 bits per heavy atom. The number of likely N-dealkylation sites (tertiary alicyclic amines) is 1. The van der Waals surface area contributed by atoms with E-state index in [0.29, 0.717) is 13.1 Å². The Balaban J connectivity index is 1.53. The van der Waals surface area contributed by atoms with Crippen molar-refractivity contribution in [2.45, 2.75) is 56.2 Å². The minimum atomic E-state index is -3.13. The van der Waals surface area contributed by atoms with Gasteiger partial charge in [-0.1, -0.05) is 12.8 Å². The van der Waals surface area contributed by atoms with E-state index >= 15 is 0 Å². The van der Waals surface area contributed by atoms with Gasteiger partial charge in [0.05, 0.1) is 17.0 Å². The van der Waals surface area contributed by atoms with Gasteiger partial charge in [-0.3, -0.25) is 4.79 Å². The summed E-state index contributed by atoms with van der Waals surface area (Å²) in [4.78, 5) is 18.1. The number of hydrogen-bond donors (Lipinski definition) is 0. The number of carbonyl (C=O) groups excluding carboxylic acids is 1. The molecule has 1 aromatic heterocycles. The van der Waals surface area contributed by atoms with E-state index in [0.717, 1.165) is 38.5 Å². The highest BCUT2D eigenvalue weighted by atomic mass is 32.2. The molecule has 0 aromatic carbocycles. The Bertz CT molecular complexity index is 623. The molecule has 2 fully saturated rings. The zero-order chi connectivity index (χ0) is 16.3. The molecule has 0 radical (unpaired) electrons. The molecule has 0 N–H and O–H groups in total. The Morgan fingerprint density at radius 1 is 1.17 bits per heavy atom. The fraction of sp³-hybridized carbons (Fsp3) is 0.800. The topological polar surface area (TPSA) is 85.2 Å². The third-order valence-electron chi connectivity index (χ3n) is 4.97. The van der Waals surface area contributed by atoms with E-state index in [9.17, 15) is 13.2 Å². The SMILES string of the molecule is O=C(CCS(=O)(=O)C1CCCC1)N1CCC[C@@H](n2cncn2)C1. The molecule has 1 saturated carbocycles. The summed E-state index contributed by atoms with van der Waals surface area (Å²) in [5.74, 6) is -0.0718. The standard InChI is InChI=1S/C15H24N4O3S/c20-15(7-9-23(21,22)14-5-1-2-6-14)18-8-3-4-13(10-18)19-12-16-11-17-19/h11-14H,1-10H2/t13-/m1/s1. The first-order valence-electron chi connectivity index (χ1n) is 8.40. The van der Waals surface area contributed by atoms with E-state index < -0.39 is 9.84 Å². The number of nitrogens with zero attached hydrogens (tertiary/aromatic N) is 4. The molecule has 1 amide bonds. The van der Waals surface area contributed by atoms with Gasteiger partial charge < -0.3 is 4.90 Å². The predicted octanol–water partition coefficient (Wildman–Crippen LogP) is 1.19. The molecule has 8 heteroatoms. The molecular formula is C15H24N4O3S. The summed E-state index contributed by atoms with van der Waals surface area (Å²) in [6.45, 7) is 1.29. The molecule has 1 aliphatic heterocycles. The second kappa shape index (κ2) is 6.98. The van der Waals surface area contributed by atoms with Crippen molar-refractivity contribution in [2.24, 2.45) is 0 Å². The predicted molar refractivity (Wildman–Crippen MR) is 85.5 cm³/mol. The maximum absolute atomic E-state index is 12.4. The van der Waals surface area contributed by atoms with E-state index in [4.69, 9.17) is 0 Å². The Labute approximate surface area is 137 Å². The average Bonchev–Trinajstić information content (AvgIpc) is 3.25. The fourth-order valence-corrected chi connectivity index (χ4v) is 5.45. The molecule has 0 bridgehead atoms. The summed E-state index contributed by atoms with van der Waals surface area (Å²) in [6, 6.07) is 0.140. The van der Waals surface area contributed by atoms with Gasteiger partial charge in [0.25, 0.3) is 0 Å². The largest absolute Gasteiger partial charge is 0.341 e. The number of aromatic nitrogens is 3. The lowest BCUT2D eigenvalue weighted by Crippen LogP contribution is -2.41. The Morgan fingerprint density at radius 3 is 2.65 bits per heavy atom. The monoisotopic (exact) mass is 340 g/mol. The highest BCUT2D eigenvalue weighted by Gasteiger charge is 2.30. The highest BCUT2D eigenvalue weighted by Crippen LogP contribution is 2.26. The second-order valence-electron chi connectivity index (χ2n) is 6.53. The van der Waals surface area contributed by atoms with Crippen LogP contribution in [0.5, 0.6) is 0 Å². The molecule has 7 nitrogen and oxygen atoms in total. The smallest absolute Gasteiger partial charge is 0.223 e. The van der Waals surface area contributed by atoms with E-state index in [-0.39, 0.29) is 29.4 Å². The van der Waals surface area contributed by atoms with Crippen LogP contribution in [-0.2, 0) is 14.6 Å². The van der Waals surface area contributed by atoms with Crippen LogP contribution in [0, 0.1) is 0 Å². The first kappa shape index (κ1) is 16.4. The number of carbonyl (C=O) groups is 1. The van der Waals surface area contributed by atoms with Crippen LogP contribution in [0.25, 0.3) is 0 Å². The minimum Gasteiger partial charge on any atom is -0.341 e. The number of rotatable bonds is 5. The lowest BCUT2D eigenvalue weighted by atomic mass is 10.1. The number of amides is 1. The van der Waals surface area contributed by atoms with Gasteiger partial charge in [0.2, 0.25) is 5.91 Å². The number of sulfone groups is 1. The molecular weight excluding hydrogens is 316 g/mol. The van der Waals surface area contributed by atoms with Gasteiger partial charge in [0, 0.05) is 19.5 Å². The van der Waals surface area contributed by atoms with Gasteiger partial charge in [-0.05, 0) is 25.7 Å². The van der Waals surface area contributed by atoms with Crippen LogP contribution in [0.2, 0.25) is 0 Å². The maximum atomic E-state index is 12.4. The molecule has 128 valence electrons. The van der Waals surface area contributed by atoms with Crippen molar-refractivity contribution >= 4 is 15.7 Å². The maximum Gasteiger partial charge on any atom is 0.223 e. The third kappa shape index (κ3) is 3.91. The summed E-state index contributed by atoms with van der Waals surface area (Å²) >= 11 is 0. The molecule has 3 rings (SSSR count). The first-order valence-corrected chi connectivity index (χ1v) is 10.1. The molecule has 1 atom stereocenters. The van der Waals surface area contributed by atoms with Gasteiger partial charge in [-0.2, -0.15) is 5.10 Å². The fourth-order valence-electron chi connectivity index (χ4n) is 3.60. The van der Waals surface area contributed by atoms with Crippen LogP contribution in [0.15, 0.2) is 12.7 Å². The van der Waals surface area contributed by atoms with Crippen LogP contribution in [0.4, 0.5) is 0 Å².